The summed E-state index contributed by atoms with van der Waals surface area (Å²) in [5.74, 6) is -1.19. The van der Waals surface area contributed by atoms with Crippen LogP contribution in [-0.4, -0.2) is 37.3 Å². The second-order valence-electron chi connectivity index (χ2n) is 3.95. The van der Waals surface area contributed by atoms with E-state index in [2.05, 4.69) is 0 Å². The lowest BCUT2D eigenvalue weighted by molar-refractivity contribution is -0.390. The molecule has 0 aromatic heterocycles. The van der Waals surface area contributed by atoms with Gasteiger partial charge >= 0.3 is 5.69 Å². The zero-order valence-corrected chi connectivity index (χ0v) is 12.4. The molecule has 0 heterocycles. The molecule has 7 nitrogen and oxygen atoms in total. The normalized spacial score (nSPS) is 12.8. The van der Waals surface area contributed by atoms with Crippen LogP contribution < -0.4 is 5.73 Å². The number of hydrogen-bond acceptors (Lipinski definition) is 5. The van der Waals surface area contributed by atoms with Gasteiger partial charge < -0.3 is 5.73 Å². The summed E-state index contributed by atoms with van der Waals surface area (Å²) in [5.41, 5.74) is 4.30. The number of nitrogens with zero attached hydrogens (tertiary/aromatic N) is 2. The lowest BCUT2D eigenvalue weighted by atomic mass is 10.3. The minimum Gasteiger partial charge on any atom is -0.329 e. The van der Waals surface area contributed by atoms with E-state index < -0.39 is 37.4 Å². The number of sulfonamides is 1. The van der Waals surface area contributed by atoms with E-state index in [-0.39, 0.29) is 19.0 Å². The third-order valence-corrected chi connectivity index (χ3v) is 4.75. The van der Waals surface area contributed by atoms with E-state index in [1.807, 2.05) is 0 Å². The Kier molecular flexibility index (Phi) is 6.48. The number of rotatable bonds is 5. The summed E-state index contributed by atoms with van der Waals surface area (Å²) in [7, 11) is -2.94. The zero-order chi connectivity index (χ0) is 14.8. The van der Waals surface area contributed by atoms with Crippen LogP contribution in [0.1, 0.15) is 6.92 Å². The minimum absolute atomic E-state index is 0. The number of likely N-dealkylation sites (N-methyl/N-ethyl adjacent to an activating group) is 1. The molecule has 10 heteroatoms. The highest BCUT2D eigenvalue weighted by Gasteiger charge is 2.33. The van der Waals surface area contributed by atoms with Gasteiger partial charge in [-0.2, -0.15) is 8.70 Å². The van der Waals surface area contributed by atoms with Crippen molar-refractivity contribution in [2.75, 3.05) is 13.6 Å². The predicted molar refractivity (Wildman–Crippen MR) is 73.8 cm³/mol. The Morgan fingerprint density at radius 1 is 1.50 bits per heavy atom. The number of hydrogen-bond donors (Lipinski definition) is 1. The average Bonchev–Trinajstić information content (AvgIpc) is 2.35. The molecule has 1 atom stereocenters. The van der Waals surface area contributed by atoms with Gasteiger partial charge in [-0.25, -0.2) is 8.42 Å². The number of nitrogens with two attached hydrogens (primary N) is 1. The van der Waals surface area contributed by atoms with E-state index in [4.69, 9.17) is 5.73 Å². The van der Waals surface area contributed by atoms with Gasteiger partial charge in [0.1, 0.15) is 0 Å². The van der Waals surface area contributed by atoms with E-state index in [1.165, 1.54) is 7.05 Å². The Morgan fingerprint density at radius 2 is 2.05 bits per heavy atom. The van der Waals surface area contributed by atoms with Crippen LogP contribution in [0.15, 0.2) is 23.1 Å². The summed E-state index contributed by atoms with van der Waals surface area (Å²) in [5, 5.41) is 10.8. The molecule has 0 saturated heterocycles. The number of nitro groups is 1. The largest absolute Gasteiger partial charge is 0.329 e. The summed E-state index contributed by atoms with van der Waals surface area (Å²) < 4.78 is 38.7. The highest BCUT2D eigenvalue weighted by molar-refractivity contribution is 7.89. The number of halogens is 2. The fourth-order valence-electron chi connectivity index (χ4n) is 1.42. The van der Waals surface area contributed by atoms with Crippen molar-refractivity contribution in [2.45, 2.75) is 17.9 Å². The molecule has 114 valence electrons. The van der Waals surface area contributed by atoms with Crippen molar-refractivity contribution >= 4 is 28.1 Å². The predicted octanol–water partition coefficient (Wildman–Crippen LogP) is 1.12. The fraction of sp³-hybridized carbons (Fsp3) is 0.400. The maximum atomic E-state index is 13.4. The molecule has 1 aromatic carbocycles. The molecule has 0 radical (unpaired) electrons. The maximum Gasteiger partial charge on any atom is 0.324 e. The first kappa shape index (κ1) is 18.7. The average molecular weight is 328 g/mol. The van der Waals surface area contributed by atoms with Crippen LogP contribution in [0.2, 0.25) is 0 Å². The van der Waals surface area contributed by atoms with Gasteiger partial charge in [0.15, 0.2) is 4.90 Å². The van der Waals surface area contributed by atoms with Crippen LogP contribution in [-0.2, 0) is 10.0 Å². The van der Waals surface area contributed by atoms with Crippen molar-refractivity contribution in [3.8, 4) is 0 Å². The molecule has 1 rings (SSSR count). The van der Waals surface area contributed by atoms with E-state index in [0.29, 0.717) is 0 Å². The molecule has 0 aliphatic carbocycles. The van der Waals surface area contributed by atoms with Gasteiger partial charge in [-0.05, 0) is 19.1 Å². The molecule has 2 N–H and O–H groups in total. The molecule has 0 bridgehead atoms. The van der Waals surface area contributed by atoms with Crippen LogP contribution in [0.25, 0.3) is 0 Å². The summed E-state index contributed by atoms with van der Waals surface area (Å²) in [6.45, 7) is 1.58. The van der Waals surface area contributed by atoms with E-state index >= 15 is 0 Å². The Bertz CT molecular complexity index is 596. The zero-order valence-electron chi connectivity index (χ0n) is 10.8. The molecule has 1 unspecified atom stereocenters. The quantitative estimate of drug-likeness (QED) is 0.644. The van der Waals surface area contributed by atoms with Crippen molar-refractivity contribution < 1.29 is 17.7 Å². The molecule has 0 aliphatic rings. The Morgan fingerprint density at radius 3 is 2.50 bits per heavy atom. The standard InChI is InChI=1S/C10H14FN3O4S.ClH/c1-7(6-12)13(2)19(17,18)9-5-3-4-8(11)10(9)14(15)16;/h3-5,7H,6,12H2,1-2H3;1H. The van der Waals surface area contributed by atoms with Gasteiger partial charge in [0, 0.05) is 19.6 Å². The van der Waals surface area contributed by atoms with Gasteiger partial charge in [-0.3, -0.25) is 10.1 Å². The molecule has 0 saturated carbocycles. The highest BCUT2D eigenvalue weighted by atomic mass is 35.5. The molecule has 1 aromatic rings. The lowest BCUT2D eigenvalue weighted by Crippen LogP contribution is -2.39. The molecule has 20 heavy (non-hydrogen) atoms. The van der Waals surface area contributed by atoms with Crippen molar-refractivity contribution in [1.82, 2.24) is 4.31 Å². The van der Waals surface area contributed by atoms with E-state index in [1.54, 1.807) is 6.92 Å². The third kappa shape index (κ3) is 3.42. The Balaban J connectivity index is 0.00000361. The lowest BCUT2D eigenvalue weighted by Gasteiger charge is -2.22. The van der Waals surface area contributed by atoms with Crippen LogP contribution in [0.4, 0.5) is 10.1 Å². The SMILES string of the molecule is CC(CN)N(C)S(=O)(=O)c1cccc(F)c1[N+](=O)[O-].Cl. The summed E-state index contributed by atoms with van der Waals surface area (Å²) in [4.78, 5) is 9.08. The van der Waals surface area contributed by atoms with Crippen LogP contribution in [0.3, 0.4) is 0 Å². The third-order valence-electron chi connectivity index (χ3n) is 2.75. The highest BCUT2D eigenvalue weighted by Crippen LogP contribution is 2.29. The summed E-state index contributed by atoms with van der Waals surface area (Å²) >= 11 is 0. The molecular weight excluding hydrogens is 313 g/mol. The van der Waals surface area contributed by atoms with Gasteiger partial charge in [-0.1, -0.05) is 6.07 Å². The number of para-hydroxylation sites is 1. The number of benzene rings is 1. The van der Waals surface area contributed by atoms with Crippen molar-refractivity contribution in [3.63, 3.8) is 0 Å². The minimum atomic E-state index is -4.18. The van der Waals surface area contributed by atoms with E-state index in [9.17, 15) is 22.9 Å². The first-order chi connectivity index (χ1) is 8.73. The second-order valence-corrected chi connectivity index (χ2v) is 5.92. The fourth-order valence-corrected chi connectivity index (χ4v) is 2.96. The molecule has 0 fully saturated rings. The Labute approximate surface area is 122 Å². The van der Waals surface area contributed by atoms with Gasteiger partial charge in [0.05, 0.1) is 4.92 Å². The van der Waals surface area contributed by atoms with Crippen LogP contribution >= 0.6 is 12.4 Å². The van der Waals surface area contributed by atoms with Crippen molar-refractivity contribution in [2.24, 2.45) is 5.73 Å². The van der Waals surface area contributed by atoms with E-state index in [0.717, 1.165) is 22.5 Å². The van der Waals surface area contributed by atoms with Crippen LogP contribution in [0, 0.1) is 15.9 Å². The smallest absolute Gasteiger partial charge is 0.324 e. The van der Waals surface area contributed by atoms with Crippen LogP contribution in [0.5, 0.6) is 0 Å². The second kappa shape index (κ2) is 6.93. The molecule has 0 spiro atoms. The molecular formula is C10H15ClFN3O4S. The summed E-state index contributed by atoms with van der Waals surface area (Å²) in [6.07, 6.45) is 0. The monoisotopic (exact) mass is 327 g/mol. The topological polar surface area (TPSA) is 107 Å². The maximum absolute atomic E-state index is 13.4. The summed E-state index contributed by atoms with van der Waals surface area (Å²) in [6, 6.07) is 2.38. The van der Waals surface area contributed by atoms with Crippen molar-refractivity contribution in [3.05, 3.63) is 34.1 Å². The number of nitro benzene ring substituents is 1. The van der Waals surface area contributed by atoms with Gasteiger partial charge in [-0.15, -0.1) is 12.4 Å². The molecule has 0 aliphatic heterocycles. The first-order valence-electron chi connectivity index (χ1n) is 5.34. The Hall–Kier alpha value is -1.29. The first-order valence-corrected chi connectivity index (χ1v) is 6.78. The van der Waals surface area contributed by atoms with Crippen molar-refractivity contribution in [1.29, 1.82) is 0 Å². The molecule has 0 amide bonds. The van der Waals surface area contributed by atoms with Gasteiger partial charge in [0.25, 0.3) is 0 Å². The van der Waals surface area contributed by atoms with Gasteiger partial charge in [0.2, 0.25) is 15.8 Å².